The molecule has 8 nitrogen and oxygen atoms in total. The molecule has 0 atom stereocenters. The van der Waals surface area contributed by atoms with Gasteiger partial charge in [0.15, 0.2) is 0 Å². The molecule has 0 aliphatic carbocycles. The maximum atomic E-state index is 11.8. The highest BCUT2D eigenvalue weighted by molar-refractivity contribution is 7.80. The predicted molar refractivity (Wildman–Crippen MR) is 98.1 cm³/mol. The Morgan fingerprint density at radius 3 is 1.38 bits per heavy atom. The zero-order chi connectivity index (χ0) is 18.8. The van der Waals surface area contributed by atoms with Crippen LogP contribution >= 0.6 is 25.3 Å². The van der Waals surface area contributed by atoms with Crippen LogP contribution in [0.15, 0.2) is 43.9 Å². The van der Waals surface area contributed by atoms with Gasteiger partial charge in [-0.2, -0.15) is 10.5 Å². The van der Waals surface area contributed by atoms with Crippen LogP contribution in [0.1, 0.15) is 11.1 Å². The number of hydrogen-bond acceptors (Lipinski definition) is 8. The van der Waals surface area contributed by atoms with Gasteiger partial charge in [-0.05, 0) is 0 Å². The molecule has 26 heavy (non-hydrogen) atoms. The number of nitriles is 2. The Morgan fingerprint density at radius 1 is 0.769 bits per heavy atom. The van der Waals surface area contributed by atoms with Crippen LogP contribution in [0.2, 0.25) is 0 Å². The molecular formula is C16H8N6O2S2. The van der Waals surface area contributed by atoms with Crippen LogP contribution in [0.5, 0.6) is 0 Å². The van der Waals surface area contributed by atoms with Gasteiger partial charge >= 0.3 is 0 Å². The summed E-state index contributed by atoms with van der Waals surface area (Å²) in [6.45, 7) is 0. The molecule has 1 aromatic carbocycles. The minimum Gasteiger partial charge on any atom is -0.305 e. The number of nitrogens with zero attached hydrogens (tertiary/aromatic N) is 4. The molecule has 0 saturated carbocycles. The molecule has 0 fully saturated rings. The average molecular weight is 380 g/mol. The van der Waals surface area contributed by atoms with E-state index in [-0.39, 0.29) is 32.8 Å². The number of rotatable bonds is 2. The van der Waals surface area contributed by atoms with E-state index in [0.29, 0.717) is 11.1 Å². The molecule has 2 N–H and O–H groups in total. The normalized spacial score (nSPS) is 10.2. The lowest BCUT2D eigenvalue weighted by molar-refractivity contribution is 1.01. The second kappa shape index (κ2) is 6.88. The molecule has 0 aliphatic rings. The van der Waals surface area contributed by atoms with Gasteiger partial charge in [0.2, 0.25) is 0 Å². The number of aromatic nitrogens is 4. The lowest BCUT2D eigenvalue weighted by Crippen LogP contribution is -2.14. The molecular weight excluding hydrogens is 372 g/mol. The van der Waals surface area contributed by atoms with Crippen molar-refractivity contribution in [2.24, 2.45) is 0 Å². The van der Waals surface area contributed by atoms with Crippen LogP contribution in [-0.4, -0.2) is 19.9 Å². The molecule has 2 heterocycles. The van der Waals surface area contributed by atoms with Crippen LogP contribution in [0.25, 0.3) is 22.8 Å². The zero-order valence-corrected chi connectivity index (χ0v) is 14.6. The average Bonchev–Trinajstić information content (AvgIpc) is 2.61. The summed E-state index contributed by atoms with van der Waals surface area (Å²) in [7, 11) is 0. The van der Waals surface area contributed by atoms with Gasteiger partial charge in [-0.15, -0.1) is 25.3 Å². The van der Waals surface area contributed by atoms with Crippen molar-refractivity contribution in [2.45, 2.75) is 10.1 Å². The van der Waals surface area contributed by atoms with E-state index in [0.717, 1.165) is 0 Å². The minimum atomic E-state index is -0.579. The maximum absolute atomic E-state index is 11.8. The number of H-pyrrole nitrogens is 2. The molecule has 126 valence electrons. The number of nitrogens with one attached hydrogen (secondary N) is 2. The molecule has 3 aromatic rings. The lowest BCUT2D eigenvalue weighted by atomic mass is 10.1. The van der Waals surface area contributed by atoms with Crippen molar-refractivity contribution < 1.29 is 0 Å². The standard InChI is InChI=1S/C16H8N6O2S2/c17-5-9-13(23)19-11(21-15(9)25)7-1-2-8(4-3-7)12-20-14(24)10(6-18)16(26)22-12/h1-4H,(H2,19,21,23,25)(H2,20,22,24,26). The molecule has 2 aromatic heterocycles. The van der Waals surface area contributed by atoms with Crippen molar-refractivity contribution >= 4 is 25.3 Å². The fourth-order valence-corrected chi connectivity index (χ4v) is 2.69. The Labute approximate surface area is 157 Å². The summed E-state index contributed by atoms with van der Waals surface area (Å²) in [5, 5.41) is 17.8. The van der Waals surface area contributed by atoms with E-state index >= 15 is 0 Å². The van der Waals surface area contributed by atoms with E-state index in [9.17, 15) is 9.59 Å². The maximum Gasteiger partial charge on any atom is 0.270 e. The summed E-state index contributed by atoms with van der Waals surface area (Å²) in [4.78, 5) is 36.9. The Hall–Kier alpha value is -3.34. The third kappa shape index (κ3) is 3.11. The van der Waals surface area contributed by atoms with E-state index in [1.54, 1.807) is 36.4 Å². The SMILES string of the molecule is N#Cc1c(S)nc(-c2ccc(-c3nc(S)c(C#N)c(=O)[nH]3)cc2)[nH]c1=O. The second-order valence-corrected chi connectivity index (χ2v) is 5.87. The van der Waals surface area contributed by atoms with Gasteiger partial charge < -0.3 is 9.97 Å². The number of hydrogen-bond donors (Lipinski definition) is 4. The minimum absolute atomic E-state index is 0.0353. The molecule has 0 bridgehead atoms. The second-order valence-electron chi connectivity index (χ2n) is 5.03. The van der Waals surface area contributed by atoms with Crippen molar-refractivity contribution in [2.75, 3.05) is 0 Å². The molecule has 0 radical (unpaired) electrons. The highest BCUT2D eigenvalue weighted by atomic mass is 32.1. The number of thiol groups is 2. The molecule has 0 aliphatic heterocycles. The molecule has 0 spiro atoms. The Balaban J connectivity index is 2.03. The van der Waals surface area contributed by atoms with Crippen LogP contribution in [-0.2, 0) is 0 Å². The quantitative estimate of drug-likeness (QED) is 0.392. The first-order chi connectivity index (χ1) is 12.4. The summed E-state index contributed by atoms with van der Waals surface area (Å²) in [5.74, 6) is 0.503. The monoisotopic (exact) mass is 380 g/mol. The van der Waals surface area contributed by atoms with Crippen LogP contribution in [0.3, 0.4) is 0 Å². The van der Waals surface area contributed by atoms with Gasteiger partial charge in [-0.3, -0.25) is 9.59 Å². The first-order valence-electron chi connectivity index (χ1n) is 7.02. The van der Waals surface area contributed by atoms with E-state index in [4.69, 9.17) is 10.5 Å². The van der Waals surface area contributed by atoms with Crippen LogP contribution in [0, 0.1) is 22.7 Å². The molecule has 0 saturated heterocycles. The fourth-order valence-electron chi connectivity index (χ4n) is 2.18. The third-order valence-electron chi connectivity index (χ3n) is 3.46. The van der Waals surface area contributed by atoms with Crippen LogP contribution in [0.4, 0.5) is 0 Å². The number of benzene rings is 1. The smallest absolute Gasteiger partial charge is 0.270 e. The predicted octanol–water partition coefficient (Wildman–Crippen LogP) is 1.51. The first-order valence-corrected chi connectivity index (χ1v) is 7.91. The Bertz CT molecular complexity index is 1120. The van der Waals surface area contributed by atoms with E-state index in [2.05, 4.69) is 45.2 Å². The van der Waals surface area contributed by atoms with Gasteiger partial charge in [-0.25, -0.2) is 9.97 Å². The van der Waals surface area contributed by atoms with E-state index in [1.807, 2.05) is 0 Å². The van der Waals surface area contributed by atoms with Gasteiger partial charge in [0.05, 0.1) is 0 Å². The van der Waals surface area contributed by atoms with Crippen molar-refractivity contribution in [1.82, 2.24) is 19.9 Å². The third-order valence-corrected chi connectivity index (χ3v) is 4.10. The van der Waals surface area contributed by atoms with Crippen LogP contribution < -0.4 is 11.1 Å². The summed E-state index contributed by atoms with van der Waals surface area (Å²) < 4.78 is 0. The summed E-state index contributed by atoms with van der Waals surface area (Å²) >= 11 is 8.10. The van der Waals surface area contributed by atoms with Gasteiger partial charge in [0.25, 0.3) is 11.1 Å². The Kier molecular flexibility index (Phi) is 4.63. The molecule has 0 amide bonds. The van der Waals surface area contributed by atoms with E-state index < -0.39 is 11.1 Å². The van der Waals surface area contributed by atoms with Gasteiger partial charge in [-0.1, -0.05) is 24.3 Å². The lowest BCUT2D eigenvalue weighted by Gasteiger charge is -2.06. The summed E-state index contributed by atoms with van der Waals surface area (Å²) in [5.41, 5.74) is -0.321. The van der Waals surface area contributed by atoms with Gasteiger partial charge in [0.1, 0.15) is 45.0 Å². The number of aromatic amines is 2. The Morgan fingerprint density at radius 2 is 1.12 bits per heavy atom. The largest absolute Gasteiger partial charge is 0.305 e. The highest BCUT2D eigenvalue weighted by Gasteiger charge is 2.12. The fraction of sp³-hybridized carbons (Fsp3) is 0. The topological polar surface area (TPSA) is 139 Å². The van der Waals surface area contributed by atoms with Gasteiger partial charge in [0, 0.05) is 11.1 Å². The van der Waals surface area contributed by atoms with Crippen molar-refractivity contribution in [3.8, 4) is 34.9 Å². The summed E-state index contributed by atoms with van der Waals surface area (Å²) in [6.07, 6.45) is 0. The molecule has 3 rings (SSSR count). The molecule has 10 heteroatoms. The van der Waals surface area contributed by atoms with Crippen molar-refractivity contribution in [3.05, 3.63) is 56.1 Å². The molecule has 0 unspecified atom stereocenters. The van der Waals surface area contributed by atoms with Crippen molar-refractivity contribution in [1.29, 1.82) is 10.5 Å². The summed E-state index contributed by atoms with van der Waals surface area (Å²) in [6, 6.07) is 10.1. The highest BCUT2D eigenvalue weighted by Crippen LogP contribution is 2.21. The first kappa shape index (κ1) is 17.5. The van der Waals surface area contributed by atoms with Crippen molar-refractivity contribution in [3.63, 3.8) is 0 Å². The van der Waals surface area contributed by atoms with E-state index in [1.165, 1.54) is 0 Å². The zero-order valence-electron chi connectivity index (χ0n) is 12.8.